The molecule has 0 aliphatic rings. The van der Waals surface area contributed by atoms with E-state index in [2.05, 4.69) is 4.98 Å². The number of hydrogen-bond acceptors (Lipinski definition) is 1. The van der Waals surface area contributed by atoms with Crippen molar-refractivity contribution < 1.29 is 13.2 Å². The molecular formula is C13H6ClF3N2S. The summed E-state index contributed by atoms with van der Waals surface area (Å²) in [6.07, 6.45) is 0. The monoisotopic (exact) mass is 314 g/mol. The first-order valence-electron chi connectivity index (χ1n) is 5.52. The van der Waals surface area contributed by atoms with Crippen molar-refractivity contribution in [2.24, 2.45) is 0 Å². The third kappa shape index (κ3) is 2.01. The maximum Gasteiger partial charge on any atom is 0.182 e. The highest BCUT2D eigenvalue weighted by Gasteiger charge is 2.14. The van der Waals surface area contributed by atoms with E-state index in [1.165, 1.54) is 10.6 Å². The van der Waals surface area contributed by atoms with E-state index < -0.39 is 17.5 Å². The summed E-state index contributed by atoms with van der Waals surface area (Å²) in [6, 6.07) is 5.47. The van der Waals surface area contributed by atoms with Crippen LogP contribution in [0.4, 0.5) is 13.2 Å². The normalized spacial score (nSPS) is 11.2. The fourth-order valence-electron chi connectivity index (χ4n) is 2.00. The SMILES string of the molecule is Fc1ccc(F)c(-n2c(=S)[nH]c3cc(F)c(Cl)cc32)c1. The summed E-state index contributed by atoms with van der Waals surface area (Å²) in [5, 5.41) is -0.128. The minimum absolute atomic E-state index is 0.0658. The summed E-state index contributed by atoms with van der Waals surface area (Å²) in [4.78, 5) is 2.73. The van der Waals surface area contributed by atoms with Gasteiger partial charge >= 0.3 is 0 Å². The molecule has 0 amide bonds. The standard InChI is InChI=1S/C13H6ClF3N2S/c14-7-4-12-10(5-9(7)17)18-13(20)19(12)11-3-6(15)1-2-8(11)16/h1-5H,(H,18,20). The van der Waals surface area contributed by atoms with Gasteiger partial charge in [0.05, 0.1) is 21.7 Å². The lowest BCUT2D eigenvalue weighted by Gasteiger charge is -2.06. The van der Waals surface area contributed by atoms with Gasteiger partial charge in [0.25, 0.3) is 0 Å². The molecule has 0 unspecified atom stereocenters. The molecule has 20 heavy (non-hydrogen) atoms. The average Bonchev–Trinajstić information content (AvgIpc) is 2.69. The molecular weight excluding hydrogens is 309 g/mol. The number of aromatic amines is 1. The Hall–Kier alpha value is -1.79. The van der Waals surface area contributed by atoms with Gasteiger partial charge in [0.2, 0.25) is 0 Å². The molecule has 0 saturated heterocycles. The number of benzene rings is 2. The lowest BCUT2D eigenvalue weighted by atomic mass is 10.2. The Morgan fingerprint density at radius 1 is 1.05 bits per heavy atom. The van der Waals surface area contributed by atoms with Crippen molar-refractivity contribution in [3.8, 4) is 5.69 Å². The van der Waals surface area contributed by atoms with E-state index >= 15 is 0 Å². The van der Waals surface area contributed by atoms with Crippen molar-refractivity contribution in [1.82, 2.24) is 9.55 Å². The first kappa shape index (κ1) is 13.2. The molecule has 2 aromatic carbocycles. The molecule has 102 valence electrons. The molecule has 0 saturated carbocycles. The van der Waals surface area contributed by atoms with Gasteiger partial charge in [-0.3, -0.25) is 4.57 Å². The van der Waals surface area contributed by atoms with Gasteiger partial charge < -0.3 is 4.98 Å². The van der Waals surface area contributed by atoms with Gasteiger partial charge in [-0.15, -0.1) is 0 Å². The molecule has 3 rings (SSSR count). The number of rotatable bonds is 1. The van der Waals surface area contributed by atoms with Gasteiger partial charge in [0, 0.05) is 12.1 Å². The zero-order valence-electron chi connectivity index (χ0n) is 9.75. The molecule has 1 aromatic heterocycles. The van der Waals surface area contributed by atoms with Crippen LogP contribution in [-0.2, 0) is 0 Å². The molecule has 0 bridgehead atoms. The maximum absolute atomic E-state index is 13.9. The minimum Gasteiger partial charge on any atom is -0.330 e. The summed E-state index contributed by atoms with van der Waals surface area (Å²) >= 11 is 10.8. The van der Waals surface area contributed by atoms with E-state index in [4.69, 9.17) is 23.8 Å². The molecule has 0 atom stereocenters. The number of H-pyrrole nitrogens is 1. The molecule has 7 heteroatoms. The molecule has 0 fully saturated rings. The predicted octanol–water partition coefficient (Wildman–Crippen LogP) is 4.76. The third-order valence-corrected chi connectivity index (χ3v) is 3.45. The Morgan fingerprint density at radius 2 is 1.80 bits per heavy atom. The number of nitrogens with zero attached hydrogens (tertiary/aromatic N) is 1. The zero-order chi connectivity index (χ0) is 14.4. The lowest BCUT2D eigenvalue weighted by molar-refractivity contribution is 0.593. The van der Waals surface area contributed by atoms with E-state index in [1.807, 2.05) is 0 Å². The first-order valence-corrected chi connectivity index (χ1v) is 6.31. The van der Waals surface area contributed by atoms with E-state index in [9.17, 15) is 13.2 Å². The Morgan fingerprint density at radius 3 is 2.55 bits per heavy atom. The largest absolute Gasteiger partial charge is 0.330 e. The molecule has 1 heterocycles. The Labute approximate surface area is 121 Å². The van der Waals surface area contributed by atoms with Crippen LogP contribution < -0.4 is 0 Å². The topological polar surface area (TPSA) is 20.7 Å². The van der Waals surface area contributed by atoms with Crippen LogP contribution in [-0.4, -0.2) is 9.55 Å². The van der Waals surface area contributed by atoms with Crippen molar-refractivity contribution in [3.63, 3.8) is 0 Å². The van der Waals surface area contributed by atoms with E-state index in [0.29, 0.717) is 11.0 Å². The number of halogens is 4. The van der Waals surface area contributed by atoms with Crippen LogP contribution in [0.2, 0.25) is 5.02 Å². The molecule has 0 aliphatic heterocycles. The fraction of sp³-hybridized carbons (Fsp3) is 0. The van der Waals surface area contributed by atoms with Crippen LogP contribution in [0.5, 0.6) is 0 Å². The Kier molecular flexibility index (Phi) is 3.07. The van der Waals surface area contributed by atoms with Crippen molar-refractivity contribution >= 4 is 34.9 Å². The van der Waals surface area contributed by atoms with Gasteiger partial charge in [-0.2, -0.15) is 0 Å². The van der Waals surface area contributed by atoms with E-state index in [0.717, 1.165) is 24.3 Å². The smallest absolute Gasteiger partial charge is 0.182 e. The number of nitrogens with one attached hydrogen (secondary N) is 1. The van der Waals surface area contributed by atoms with Crippen LogP contribution >= 0.6 is 23.8 Å². The van der Waals surface area contributed by atoms with Crippen LogP contribution in [0.3, 0.4) is 0 Å². The summed E-state index contributed by atoms with van der Waals surface area (Å²) in [7, 11) is 0. The number of hydrogen-bond donors (Lipinski definition) is 1. The van der Waals surface area contributed by atoms with Crippen molar-refractivity contribution in [3.05, 3.63) is 57.6 Å². The summed E-state index contributed by atoms with van der Waals surface area (Å²) in [5.74, 6) is -1.88. The van der Waals surface area contributed by atoms with Gasteiger partial charge in [0.15, 0.2) is 4.77 Å². The highest BCUT2D eigenvalue weighted by molar-refractivity contribution is 7.71. The van der Waals surface area contributed by atoms with Gasteiger partial charge in [-0.05, 0) is 30.4 Å². The molecule has 0 radical (unpaired) electrons. The van der Waals surface area contributed by atoms with Gasteiger partial charge in [0.1, 0.15) is 17.5 Å². The highest BCUT2D eigenvalue weighted by Crippen LogP contribution is 2.26. The van der Waals surface area contributed by atoms with Gasteiger partial charge in [-0.25, -0.2) is 13.2 Å². The lowest BCUT2D eigenvalue weighted by Crippen LogP contribution is -1.98. The quantitative estimate of drug-likeness (QED) is 0.642. The second-order valence-corrected chi connectivity index (χ2v) is 4.94. The van der Waals surface area contributed by atoms with Crippen LogP contribution in [0.25, 0.3) is 16.7 Å². The molecule has 2 nitrogen and oxygen atoms in total. The number of imidazole rings is 1. The second-order valence-electron chi connectivity index (χ2n) is 4.14. The highest BCUT2D eigenvalue weighted by atomic mass is 35.5. The molecule has 0 aliphatic carbocycles. The summed E-state index contributed by atoms with van der Waals surface area (Å²) in [5.41, 5.74) is 0.649. The summed E-state index contributed by atoms with van der Waals surface area (Å²) < 4.78 is 42.0. The van der Waals surface area contributed by atoms with Crippen LogP contribution in [0.1, 0.15) is 0 Å². The first-order chi connectivity index (χ1) is 9.47. The van der Waals surface area contributed by atoms with Crippen LogP contribution in [0, 0.1) is 22.2 Å². The van der Waals surface area contributed by atoms with Crippen LogP contribution in [0.15, 0.2) is 30.3 Å². The van der Waals surface area contributed by atoms with Crippen molar-refractivity contribution in [2.45, 2.75) is 0 Å². The minimum atomic E-state index is -0.649. The zero-order valence-corrected chi connectivity index (χ0v) is 11.3. The molecule has 3 aromatic rings. The Balaban J connectivity index is 2.42. The summed E-state index contributed by atoms with van der Waals surface area (Å²) in [6.45, 7) is 0. The second kappa shape index (κ2) is 4.64. The van der Waals surface area contributed by atoms with Crippen molar-refractivity contribution in [1.29, 1.82) is 0 Å². The average molecular weight is 315 g/mol. The maximum atomic E-state index is 13.9. The molecule has 1 N–H and O–H groups in total. The van der Waals surface area contributed by atoms with Gasteiger partial charge in [-0.1, -0.05) is 11.6 Å². The third-order valence-electron chi connectivity index (χ3n) is 2.87. The fourth-order valence-corrected chi connectivity index (χ4v) is 2.46. The number of aromatic nitrogens is 2. The Bertz CT molecular complexity index is 885. The van der Waals surface area contributed by atoms with Crippen molar-refractivity contribution in [2.75, 3.05) is 0 Å². The molecule has 0 spiro atoms. The number of fused-ring (bicyclic) bond motifs is 1. The predicted molar refractivity (Wildman–Crippen MR) is 73.3 cm³/mol. The van der Waals surface area contributed by atoms with E-state index in [1.54, 1.807) is 0 Å². The van der Waals surface area contributed by atoms with E-state index in [-0.39, 0.29) is 15.5 Å².